The van der Waals surface area contributed by atoms with E-state index in [1.165, 1.54) is 10.4 Å². The molecule has 2 nitrogen and oxygen atoms in total. The Kier molecular flexibility index (Phi) is 7.76. The van der Waals surface area contributed by atoms with Gasteiger partial charge in [0.15, 0.2) is 0 Å². The molecule has 0 aliphatic carbocycles. The fourth-order valence-corrected chi connectivity index (χ4v) is 2.95. The van der Waals surface area contributed by atoms with Gasteiger partial charge in [0, 0.05) is 17.9 Å². The van der Waals surface area contributed by atoms with Crippen molar-refractivity contribution < 1.29 is 9.84 Å². The quantitative estimate of drug-likeness (QED) is 0.589. The predicted molar refractivity (Wildman–Crippen MR) is 91.9 cm³/mol. The van der Waals surface area contributed by atoms with Crippen molar-refractivity contribution in [3.63, 3.8) is 0 Å². The molecule has 0 aliphatic heterocycles. The number of ether oxygens (including phenoxy) is 1. The first-order valence-corrected chi connectivity index (χ1v) is 8.50. The van der Waals surface area contributed by atoms with Crippen LogP contribution in [0.4, 0.5) is 0 Å². The second-order valence-corrected chi connectivity index (χ2v) is 6.20. The van der Waals surface area contributed by atoms with Crippen LogP contribution >= 0.6 is 11.3 Å². The van der Waals surface area contributed by atoms with Crippen LogP contribution in [-0.2, 0) is 17.8 Å². The summed E-state index contributed by atoms with van der Waals surface area (Å²) in [5, 5.41) is 8.78. The highest BCUT2D eigenvalue weighted by atomic mass is 32.1. The SMILES string of the molecule is OCCCCc1ccc(C#CCCOCc2ccccc2)s1. The van der Waals surface area contributed by atoms with E-state index in [-0.39, 0.29) is 6.61 Å². The Morgan fingerprint density at radius 2 is 1.91 bits per heavy atom. The summed E-state index contributed by atoms with van der Waals surface area (Å²) in [5.74, 6) is 6.36. The maximum absolute atomic E-state index is 8.78. The van der Waals surface area contributed by atoms with Gasteiger partial charge in [-0.15, -0.1) is 11.3 Å². The Bertz CT molecular complexity index is 593. The van der Waals surface area contributed by atoms with Gasteiger partial charge in [-0.3, -0.25) is 0 Å². The summed E-state index contributed by atoms with van der Waals surface area (Å²) in [7, 11) is 0. The summed E-state index contributed by atoms with van der Waals surface area (Å²) < 4.78 is 5.61. The minimum Gasteiger partial charge on any atom is -0.396 e. The maximum Gasteiger partial charge on any atom is 0.0771 e. The molecule has 1 N–H and O–H groups in total. The number of aryl methyl sites for hydroxylation is 1. The van der Waals surface area contributed by atoms with Crippen LogP contribution in [0, 0.1) is 11.8 Å². The molecule has 2 rings (SSSR count). The number of aliphatic hydroxyl groups excluding tert-OH is 1. The molecule has 0 unspecified atom stereocenters. The average Bonchev–Trinajstić information content (AvgIpc) is 3.00. The van der Waals surface area contributed by atoms with Crippen molar-refractivity contribution in [2.24, 2.45) is 0 Å². The molecular formula is C19H22O2S. The van der Waals surface area contributed by atoms with Gasteiger partial charge in [0.05, 0.1) is 18.1 Å². The third-order valence-corrected chi connectivity index (χ3v) is 4.25. The Labute approximate surface area is 136 Å². The fraction of sp³-hybridized carbons (Fsp3) is 0.368. The number of thiophene rings is 1. The van der Waals surface area contributed by atoms with Crippen molar-refractivity contribution in [1.82, 2.24) is 0 Å². The van der Waals surface area contributed by atoms with E-state index in [4.69, 9.17) is 9.84 Å². The highest BCUT2D eigenvalue weighted by molar-refractivity contribution is 7.12. The van der Waals surface area contributed by atoms with E-state index in [2.05, 4.69) is 36.1 Å². The molecule has 3 heteroatoms. The lowest BCUT2D eigenvalue weighted by molar-refractivity contribution is 0.126. The summed E-state index contributed by atoms with van der Waals surface area (Å²) in [6.07, 6.45) is 3.70. The van der Waals surface area contributed by atoms with E-state index in [0.29, 0.717) is 13.2 Å². The molecule has 0 aliphatic rings. The normalized spacial score (nSPS) is 10.2. The maximum atomic E-state index is 8.78. The molecule has 0 radical (unpaired) electrons. The van der Waals surface area contributed by atoms with E-state index < -0.39 is 0 Å². The summed E-state index contributed by atoms with van der Waals surface area (Å²) >= 11 is 1.75. The van der Waals surface area contributed by atoms with Gasteiger partial charge in [-0.2, -0.15) is 0 Å². The molecule has 0 saturated carbocycles. The molecule has 22 heavy (non-hydrogen) atoms. The van der Waals surface area contributed by atoms with Crippen LogP contribution in [0.1, 0.15) is 34.6 Å². The highest BCUT2D eigenvalue weighted by Crippen LogP contribution is 2.17. The van der Waals surface area contributed by atoms with Crippen LogP contribution in [0.25, 0.3) is 0 Å². The first-order valence-electron chi connectivity index (χ1n) is 7.68. The number of benzene rings is 1. The minimum atomic E-state index is 0.279. The number of hydrogen-bond acceptors (Lipinski definition) is 3. The van der Waals surface area contributed by atoms with Gasteiger partial charge in [0.1, 0.15) is 0 Å². The van der Waals surface area contributed by atoms with Crippen molar-refractivity contribution in [2.45, 2.75) is 32.3 Å². The summed E-state index contributed by atoms with van der Waals surface area (Å²) in [6, 6.07) is 14.4. The Morgan fingerprint density at radius 3 is 2.73 bits per heavy atom. The monoisotopic (exact) mass is 314 g/mol. The van der Waals surface area contributed by atoms with Gasteiger partial charge in [0.2, 0.25) is 0 Å². The Morgan fingerprint density at radius 1 is 1.05 bits per heavy atom. The van der Waals surface area contributed by atoms with Crippen molar-refractivity contribution in [3.05, 3.63) is 57.8 Å². The van der Waals surface area contributed by atoms with Gasteiger partial charge in [-0.05, 0) is 37.0 Å². The van der Waals surface area contributed by atoms with Crippen LogP contribution in [0.15, 0.2) is 42.5 Å². The summed E-state index contributed by atoms with van der Waals surface area (Å²) in [4.78, 5) is 2.46. The van der Waals surface area contributed by atoms with Crippen molar-refractivity contribution in [2.75, 3.05) is 13.2 Å². The lowest BCUT2D eigenvalue weighted by Crippen LogP contribution is -1.93. The largest absolute Gasteiger partial charge is 0.396 e. The average molecular weight is 314 g/mol. The molecule has 1 heterocycles. The summed E-state index contributed by atoms with van der Waals surface area (Å²) in [6.45, 7) is 1.59. The van der Waals surface area contributed by atoms with Gasteiger partial charge in [-0.1, -0.05) is 42.2 Å². The van der Waals surface area contributed by atoms with Gasteiger partial charge >= 0.3 is 0 Å². The second kappa shape index (κ2) is 10.2. The lowest BCUT2D eigenvalue weighted by Gasteiger charge is -2.00. The molecule has 1 aromatic carbocycles. The Balaban J connectivity index is 1.64. The van der Waals surface area contributed by atoms with E-state index in [1.54, 1.807) is 11.3 Å². The Hall–Kier alpha value is -1.60. The van der Waals surface area contributed by atoms with E-state index >= 15 is 0 Å². The van der Waals surface area contributed by atoms with E-state index in [1.807, 2.05) is 18.2 Å². The number of rotatable bonds is 8. The molecule has 116 valence electrons. The topological polar surface area (TPSA) is 29.5 Å². The summed E-state index contributed by atoms with van der Waals surface area (Å²) in [5.41, 5.74) is 1.20. The molecule has 0 spiro atoms. The minimum absolute atomic E-state index is 0.279. The molecule has 2 aromatic rings. The van der Waals surface area contributed by atoms with E-state index in [0.717, 1.165) is 30.6 Å². The van der Waals surface area contributed by atoms with Gasteiger partial charge < -0.3 is 9.84 Å². The second-order valence-electron chi connectivity index (χ2n) is 5.04. The van der Waals surface area contributed by atoms with Crippen molar-refractivity contribution in [1.29, 1.82) is 0 Å². The first-order chi connectivity index (χ1) is 10.9. The predicted octanol–water partition coefficient (Wildman–Crippen LogP) is 4.02. The third kappa shape index (κ3) is 6.44. The smallest absolute Gasteiger partial charge is 0.0771 e. The zero-order valence-corrected chi connectivity index (χ0v) is 13.6. The van der Waals surface area contributed by atoms with Crippen molar-refractivity contribution in [3.8, 4) is 11.8 Å². The lowest BCUT2D eigenvalue weighted by atomic mass is 10.2. The van der Waals surface area contributed by atoms with Gasteiger partial charge in [-0.25, -0.2) is 0 Å². The highest BCUT2D eigenvalue weighted by Gasteiger charge is 1.97. The number of unbranched alkanes of at least 4 members (excludes halogenated alkanes) is 1. The molecule has 0 fully saturated rings. The molecule has 0 saturated heterocycles. The fourth-order valence-electron chi connectivity index (χ4n) is 2.03. The van der Waals surface area contributed by atoms with Crippen LogP contribution in [0.3, 0.4) is 0 Å². The van der Waals surface area contributed by atoms with Crippen LogP contribution in [0.2, 0.25) is 0 Å². The van der Waals surface area contributed by atoms with Gasteiger partial charge in [0.25, 0.3) is 0 Å². The zero-order chi connectivity index (χ0) is 15.5. The standard InChI is InChI=1S/C19H22O2S/c20-14-6-4-10-18-12-13-19(22-18)11-5-7-15-21-16-17-8-2-1-3-9-17/h1-3,8-9,12-13,20H,4,6-7,10,14-16H2. The van der Waals surface area contributed by atoms with Crippen LogP contribution in [-0.4, -0.2) is 18.3 Å². The molecule has 0 bridgehead atoms. The number of hydrogen-bond donors (Lipinski definition) is 1. The third-order valence-electron chi connectivity index (χ3n) is 3.19. The molecule has 0 amide bonds. The van der Waals surface area contributed by atoms with E-state index in [9.17, 15) is 0 Å². The van der Waals surface area contributed by atoms with Crippen LogP contribution < -0.4 is 0 Å². The van der Waals surface area contributed by atoms with Crippen LogP contribution in [0.5, 0.6) is 0 Å². The molecule has 0 atom stereocenters. The first kappa shape index (κ1) is 16.8. The zero-order valence-electron chi connectivity index (χ0n) is 12.8. The molecular weight excluding hydrogens is 292 g/mol. The number of aliphatic hydroxyl groups is 1. The molecule has 1 aromatic heterocycles. The van der Waals surface area contributed by atoms with Crippen molar-refractivity contribution >= 4 is 11.3 Å².